The van der Waals surface area contributed by atoms with Gasteiger partial charge in [0, 0.05) is 12.6 Å². The minimum atomic E-state index is -0.0562. The normalized spacial score (nSPS) is 17.0. The maximum Gasteiger partial charge on any atom is 0.251 e. The van der Waals surface area contributed by atoms with Crippen LogP contribution in [0, 0.1) is 0 Å². The molecule has 0 spiro atoms. The summed E-state index contributed by atoms with van der Waals surface area (Å²) in [6, 6.07) is 14.0. The molecule has 5 heteroatoms. The molecule has 1 aliphatic carbocycles. The van der Waals surface area contributed by atoms with Crippen molar-refractivity contribution in [1.29, 1.82) is 0 Å². The van der Waals surface area contributed by atoms with Crippen LogP contribution < -0.4 is 5.32 Å². The summed E-state index contributed by atoms with van der Waals surface area (Å²) in [4.78, 5) is 12.6. The van der Waals surface area contributed by atoms with Gasteiger partial charge in [-0.15, -0.1) is 5.10 Å². The molecule has 0 unspecified atom stereocenters. The van der Waals surface area contributed by atoms with Crippen LogP contribution in [0.25, 0.3) is 11.0 Å². The zero-order valence-electron chi connectivity index (χ0n) is 13.0. The standard InChI is InChI=1S/C18H18N4O/c1-22-17-10-9-13(11-16(17)20-21-22)18(23)19-15-8-4-6-12-5-2-3-7-14(12)15/h2-3,5,7,9-11,15H,4,6,8H2,1H3,(H,19,23)/t15-/m0/s1. The lowest BCUT2D eigenvalue weighted by Gasteiger charge is -2.26. The highest BCUT2D eigenvalue weighted by molar-refractivity contribution is 5.97. The minimum Gasteiger partial charge on any atom is -0.345 e. The van der Waals surface area contributed by atoms with Crippen molar-refractivity contribution in [2.75, 3.05) is 0 Å². The van der Waals surface area contributed by atoms with Crippen molar-refractivity contribution in [3.8, 4) is 0 Å². The van der Waals surface area contributed by atoms with Gasteiger partial charge in [0.25, 0.3) is 5.91 Å². The summed E-state index contributed by atoms with van der Waals surface area (Å²) in [5.41, 5.74) is 4.87. The van der Waals surface area contributed by atoms with Gasteiger partial charge in [-0.05, 0) is 48.6 Å². The van der Waals surface area contributed by atoms with Gasteiger partial charge in [-0.1, -0.05) is 29.5 Å². The number of fused-ring (bicyclic) bond motifs is 2. The lowest BCUT2D eigenvalue weighted by molar-refractivity contribution is 0.0933. The summed E-state index contributed by atoms with van der Waals surface area (Å²) in [5.74, 6) is -0.0562. The number of aryl methyl sites for hydroxylation is 2. The number of nitrogens with zero attached hydrogens (tertiary/aromatic N) is 3. The highest BCUT2D eigenvalue weighted by Crippen LogP contribution is 2.29. The summed E-state index contributed by atoms with van der Waals surface area (Å²) < 4.78 is 1.70. The Hall–Kier alpha value is -2.69. The van der Waals surface area contributed by atoms with Crippen LogP contribution in [0.5, 0.6) is 0 Å². The fourth-order valence-corrected chi connectivity index (χ4v) is 3.33. The Labute approximate surface area is 134 Å². The molecule has 1 aliphatic rings. The number of benzene rings is 2. The molecule has 3 aromatic rings. The van der Waals surface area contributed by atoms with Crippen molar-refractivity contribution < 1.29 is 4.79 Å². The largest absolute Gasteiger partial charge is 0.345 e. The highest BCUT2D eigenvalue weighted by Gasteiger charge is 2.22. The second kappa shape index (κ2) is 5.50. The monoisotopic (exact) mass is 306 g/mol. The van der Waals surface area contributed by atoms with Gasteiger partial charge in [-0.25, -0.2) is 4.68 Å². The number of aromatic nitrogens is 3. The molecule has 1 heterocycles. The van der Waals surface area contributed by atoms with E-state index in [1.54, 1.807) is 10.7 Å². The molecule has 0 aliphatic heterocycles. The van der Waals surface area contributed by atoms with Crippen LogP contribution in [0.2, 0.25) is 0 Å². The lowest BCUT2D eigenvalue weighted by Crippen LogP contribution is -2.30. The Bertz CT molecular complexity index is 884. The van der Waals surface area contributed by atoms with Crippen molar-refractivity contribution >= 4 is 16.9 Å². The Balaban J connectivity index is 1.60. The smallest absolute Gasteiger partial charge is 0.251 e. The van der Waals surface area contributed by atoms with Gasteiger partial charge in [-0.2, -0.15) is 0 Å². The molecule has 0 bridgehead atoms. The Morgan fingerprint density at radius 1 is 1.26 bits per heavy atom. The van der Waals surface area contributed by atoms with E-state index < -0.39 is 0 Å². The summed E-state index contributed by atoms with van der Waals surface area (Å²) >= 11 is 0. The van der Waals surface area contributed by atoms with Crippen LogP contribution in [0.3, 0.4) is 0 Å². The van der Waals surface area contributed by atoms with Crippen molar-refractivity contribution in [1.82, 2.24) is 20.3 Å². The van der Waals surface area contributed by atoms with E-state index in [9.17, 15) is 4.79 Å². The second-order valence-electron chi connectivity index (χ2n) is 6.03. The first-order chi connectivity index (χ1) is 11.2. The van der Waals surface area contributed by atoms with Crippen LogP contribution >= 0.6 is 0 Å². The molecule has 5 nitrogen and oxygen atoms in total. The van der Waals surface area contributed by atoms with E-state index in [1.807, 2.05) is 25.2 Å². The SMILES string of the molecule is Cn1nnc2cc(C(=O)N[C@H]3CCCc4ccccc43)ccc21. The number of carbonyl (C=O) groups excluding carboxylic acids is 1. The lowest BCUT2D eigenvalue weighted by atomic mass is 9.87. The first-order valence-corrected chi connectivity index (χ1v) is 7.90. The Kier molecular flexibility index (Phi) is 3.33. The van der Waals surface area contributed by atoms with E-state index in [0.29, 0.717) is 5.56 Å². The zero-order valence-corrected chi connectivity index (χ0v) is 13.0. The molecule has 23 heavy (non-hydrogen) atoms. The van der Waals surface area contributed by atoms with Gasteiger partial charge < -0.3 is 5.32 Å². The quantitative estimate of drug-likeness (QED) is 0.792. The van der Waals surface area contributed by atoms with Gasteiger partial charge >= 0.3 is 0 Å². The van der Waals surface area contributed by atoms with Gasteiger partial charge in [0.1, 0.15) is 5.52 Å². The predicted octanol–water partition coefficient (Wildman–Crippen LogP) is 2.78. The Morgan fingerprint density at radius 2 is 2.13 bits per heavy atom. The van der Waals surface area contributed by atoms with E-state index in [2.05, 4.69) is 33.8 Å². The molecular formula is C18H18N4O. The molecule has 2 aromatic carbocycles. The van der Waals surface area contributed by atoms with Crippen molar-refractivity contribution in [3.63, 3.8) is 0 Å². The molecular weight excluding hydrogens is 288 g/mol. The third-order valence-electron chi connectivity index (χ3n) is 4.55. The summed E-state index contributed by atoms with van der Waals surface area (Å²) in [6.07, 6.45) is 3.18. The first kappa shape index (κ1) is 13.9. The summed E-state index contributed by atoms with van der Waals surface area (Å²) in [7, 11) is 1.84. The fraction of sp³-hybridized carbons (Fsp3) is 0.278. The third-order valence-corrected chi connectivity index (χ3v) is 4.55. The maximum atomic E-state index is 12.6. The first-order valence-electron chi connectivity index (χ1n) is 7.90. The molecule has 1 atom stereocenters. The van der Waals surface area contributed by atoms with Crippen LogP contribution in [0.15, 0.2) is 42.5 Å². The van der Waals surface area contributed by atoms with Crippen molar-refractivity contribution in [2.45, 2.75) is 25.3 Å². The zero-order chi connectivity index (χ0) is 15.8. The number of nitrogens with one attached hydrogen (secondary N) is 1. The molecule has 0 fully saturated rings. The maximum absolute atomic E-state index is 12.6. The fourth-order valence-electron chi connectivity index (χ4n) is 3.33. The van der Waals surface area contributed by atoms with Crippen LogP contribution in [0.4, 0.5) is 0 Å². The second-order valence-corrected chi connectivity index (χ2v) is 6.03. The molecule has 1 amide bonds. The summed E-state index contributed by atoms with van der Waals surface area (Å²) in [6.45, 7) is 0. The van der Waals surface area contributed by atoms with Crippen LogP contribution in [-0.2, 0) is 13.5 Å². The average molecular weight is 306 g/mol. The molecule has 0 saturated heterocycles. The molecule has 4 rings (SSSR count). The molecule has 1 N–H and O–H groups in total. The van der Waals surface area contributed by atoms with Gasteiger partial charge in [-0.3, -0.25) is 4.79 Å². The number of amides is 1. The molecule has 116 valence electrons. The molecule has 0 saturated carbocycles. The van der Waals surface area contributed by atoms with Gasteiger partial charge in [0.15, 0.2) is 0 Å². The van der Waals surface area contributed by atoms with Crippen LogP contribution in [0.1, 0.15) is 40.4 Å². The topological polar surface area (TPSA) is 59.8 Å². The van der Waals surface area contributed by atoms with Crippen LogP contribution in [-0.4, -0.2) is 20.9 Å². The van der Waals surface area contributed by atoms with E-state index in [1.165, 1.54) is 11.1 Å². The third kappa shape index (κ3) is 2.48. The number of carbonyl (C=O) groups is 1. The van der Waals surface area contributed by atoms with E-state index >= 15 is 0 Å². The van der Waals surface area contributed by atoms with E-state index in [4.69, 9.17) is 0 Å². The number of hydrogen-bond donors (Lipinski definition) is 1. The number of rotatable bonds is 2. The number of hydrogen-bond acceptors (Lipinski definition) is 3. The highest BCUT2D eigenvalue weighted by atomic mass is 16.1. The predicted molar refractivity (Wildman–Crippen MR) is 88.1 cm³/mol. The molecule has 0 radical (unpaired) electrons. The van der Waals surface area contributed by atoms with Gasteiger partial charge in [0.2, 0.25) is 0 Å². The Morgan fingerprint density at radius 3 is 3.04 bits per heavy atom. The van der Waals surface area contributed by atoms with E-state index in [0.717, 1.165) is 30.3 Å². The van der Waals surface area contributed by atoms with Crippen molar-refractivity contribution in [2.24, 2.45) is 7.05 Å². The minimum absolute atomic E-state index is 0.0562. The molecule has 1 aromatic heterocycles. The summed E-state index contributed by atoms with van der Waals surface area (Å²) in [5, 5.41) is 11.2. The van der Waals surface area contributed by atoms with Gasteiger partial charge in [0.05, 0.1) is 11.6 Å². The van der Waals surface area contributed by atoms with Crippen molar-refractivity contribution in [3.05, 3.63) is 59.2 Å². The van der Waals surface area contributed by atoms with E-state index in [-0.39, 0.29) is 11.9 Å². The average Bonchev–Trinajstić information content (AvgIpc) is 2.96.